The van der Waals surface area contributed by atoms with Crippen molar-refractivity contribution < 1.29 is 24.9 Å². The number of Topliss-reactive ketones (excluding diaryl/α,β-unsaturated/α-hetero) is 1. The van der Waals surface area contributed by atoms with Crippen LogP contribution in [0.5, 0.6) is 0 Å². The molecule has 6 heteroatoms. The van der Waals surface area contributed by atoms with Gasteiger partial charge in [-0.2, -0.15) is 0 Å². The monoisotopic (exact) mass is 417 g/mol. The van der Waals surface area contributed by atoms with Crippen molar-refractivity contribution >= 4 is 11.7 Å². The standard InChI is InChI=1S/C24H35NO5/c1-15-6-10-20(27)12-8-16(2)14-22(25-24(30)19(5)26)18(4)23(29)17(3)9-13-21(28)11-7-15/h6-9,11-12,14,18-22,26-28H,10,13H2,1-5H3,(H,25,30)/b11-7-,12-8-,15-6-,16-14-,17-9-/t18-,19?,20-,21+,22?/m0/s1. The molecule has 1 aliphatic rings. The van der Waals surface area contributed by atoms with Gasteiger partial charge in [0, 0.05) is 5.92 Å². The van der Waals surface area contributed by atoms with E-state index in [4.69, 9.17) is 0 Å². The molecule has 0 bridgehead atoms. The summed E-state index contributed by atoms with van der Waals surface area (Å²) in [6.07, 6.45) is 10.2. The molecule has 0 saturated carbocycles. The van der Waals surface area contributed by atoms with Crippen molar-refractivity contribution in [3.05, 3.63) is 59.3 Å². The Morgan fingerprint density at radius 1 is 1.03 bits per heavy atom. The minimum absolute atomic E-state index is 0.157. The van der Waals surface area contributed by atoms with Crippen LogP contribution < -0.4 is 5.32 Å². The number of rotatable bonds is 2. The van der Waals surface area contributed by atoms with Crippen LogP contribution in [0.15, 0.2) is 59.3 Å². The maximum absolute atomic E-state index is 12.9. The van der Waals surface area contributed by atoms with Crippen LogP contribution in [0, 0.1) is 5.92 Å². The molecule has 0 aromatic rings. The van der Waals surface area contributed by atoms with Crippen molar-refractivity contribution in [2.24, 2.45) is 5.92 Å². The van der Waals surface area contributed by atoms with Crippen molar-refractivity contribution in [3.63, 3.8) is 0 Å². The molecule has 4 N–H and O–H groups in total. The summed E-state index contributed by atoms with van der Waals surface area (Å²) >= 11 is 0. The number of amides is 1. The van der Waals surface area contributed by atoms with Gasteiger partial charge in [-0.3, -0.25) is 9.59 Å². The second kappa shape index (κ2) is 12.4. The van der Waals surface area contributed by atoms with Gasteiger partial charge in [-0.05, 0) is 46.1 Å². The van der Waals surface area contributed by atoms with E-state index in [9.17, 15) is 24.9 Å². The first-order valence-corrected chi connectivity index (χ1v) is 10.3. The minimum Gasteiger partial charge on any atom is -0.389 e. The molecule has 1 aliphatic carbocycles. The lowest BCUT2D eigenvalue weighted by molar-refractivity contribution is -0.129. The average Bonchev–Trinajstić information content (AvgIpc) is 2.70. The molecule has 0 aliphatic heterocycles. The van der Waals surface area contributed by atoms with Gasteiger partial charge in [0.15, 0.2) is 5.78 Å². The highest BCUT2D eigenvalue weighted by atomic mass is 16.3. The van der Waals surface area contributed by atoms with E-state index in [1.807, 2.05) is 19.9 Å². The van der Waals surface area contributed by atoms with E-state index < -0.39 is 36.2 Å². The predicted octanol–water partition coefficient (Wildman–Crippen LogP) is 2.52. The van der Waals surface area contributed by atoms with Crippen LogP contribution in [0.1, 0.15) is 47.5 Å². The van der Waals surface area contributed by atoms with Crippen LogP contribution >= 0.6 is 0 Å². The van der Waals surface area contributed by atoms with Crippen molar-refractivity contribution in [2.45, 2.75) is 71.8 Å². The molecular weight excluding hydrogens is 382 g/mol. The van der Waals surface area contributed by atoms with Crippen LogP contribution in [-0.2, 0) is 9.59 Å². The lowest BCUT2D eigenvalue weighted by Gasteiger charge is -2.23. The Balaban J connectivity index is 3.30. The van der Waals surface area contributed by atoms with Crippen LogP contribution in [-0.4, -0.2) is 51.4 Å². The first kappa shape index (κ1) is 25.8. The molecular formula is C24H35NO5. The van der Waals surface area contributed by atoms with Crippen molar-refractivity contribution in [1.82, 2.24) is 5.32 Å². The Kier molecular flexibility index (Phi) is 10.7. The summed E-state index contributed by atoms with van der Waals surface area (Å²) in [5.74, 6) is -1.30. The van der Waals surface area contributed by atoms with Gasteiger partial charge in [0.25, 0.3) is 0 Å². The molecule has 0 saturated heterocycles. The van der Waals surface area contributed by atoms with Crippen LogP contribution in [0.25, 0.3) is 0 Å². The molecule has 6 nitrogen and oxygen atoms in total. The number of hydrogen-bond acceptors (Lipinski definition) is 5. The number of ketones is 1. The van der Waals surface area contributed by atoms with Crippen molar-refractivity contribution in [2.75, 3.05) is 0 Å². The van der Waals surface area contributed by atoms with E-state index in [-0.39, 0.29) is 12.2 Å². The minimum atomic E-state index is -1.20. The first-order chi connectivity index (χ1) is 14.0. The smallest absolute Gasteiger partial charge is 0.249 e. The Hall–Kier alpha value is -2.28. The number of hydrogen-bond donors (Lipinski definition) is 4. The molecule has 2 unspecified atom stereocenters. The summed E-state index contributed by atoms with van der Waals surface area (Å²) in [4.78, 5) is 24.9. The van der Waals surface area contributed by atoms with Gasteiger partial charge < -0.3 is 20.6 Å². The fourth-order valence-electron chi connectivity index (χ4n) is 2.91. The Labute approximate surface area is 179 Å². The zero-order chi connectivity index (χ0) is 22.8. The molecule has 166 valence electrons. The van der Waals surface area contributed by atoms with Crippen molar-refractivity contribution in [1.29, 1.82) is 0 Å². The SMILES string of the molecule is CC1=C/C[C@H](O)/C=C\C(C)=C/C(NC(=O)C(C)O)[C@H](C)C(=O)/C(C)=C\C[C@H](O)/C=C\1. The highest BCUT2D eigenvalue weighted by Crippen LogP contribution is 2.16. The third-order valence-corrected chi connectivity index (χ3v) is 4.98. The maximum atomic E-state index is 12.9. The van der Waals surface area contributed by atoms with Crippen LogP contribution in [0.2, 0.25) is 0 Å². The average molecular weight is 418 g/mol. The summed E-state index contributed by atoms with van der Waals surface area (Å²) in [7, 11) is 0. The summed E-state index contributed by atoms with van der Waals surface area (Å²) < 4.78 is 0. The Morgan fingerprint density at radius 3 is 2.13 bits per heavy atom. The van der Waals surface area contributed by atoms with E-state index in [0.717, 1.165) is 11.1 Å². The number of aliphatic hydroxyl groups is 3. The fourth-order valence-corrected chi connectivity index (χ4v) is 2.91. The van der Waals surface area contributed by atoms with Gasteiger partial charge >= 0.3 is 0 Å². The summed E-state index contributed by atoms with van der Waals surface area (Å²) in [6, 6.07) is -0.632. The lowest BCUT2D eigenvalue weighted by atomic mass is 9.90. The summed E-state index contributed by atoms with van der Waals surface area (Å²) in [5, 5.41) is 32.6. The number of allylic oxidation sites excluding steroid dienone is 5. The van der Waals surface area contributed by atoms with E-state index in [1.165, 1.54) is 6.92 Å². The van der Waals surface area contributed by atoms with Gasteiger partial charge in [0.1, 0.15) is 6.10 Å². The molecule has 1 rings (SSSR count). The maximum Gasteiger partial charge on any atom is 0.249 e. The first-order valence-electron chi connectivity index (χ1n) is 10.3. The van der Waals surface area contributed by atoms with Crippen LogP contribution in [0.4, 0.5) is 0 Å². The second-order valence-corrected chi connectivity index (χ2v) is 7.93. The van der Waals surface area contributed by atoms with E-state index in [2.05, 4.69) is 5.32 Å². The zero-order valence-corrected chi connectivity index (χ0v) is 18.5. The lowest BCUT2D eigenvalue weighted by Crippen LogP contribution is -2.45. The number of carbonyl (C=O) groups excluding carboxylic acids is 2. The Morgan fingerprint density at radius 2 is 1.57 bits per heavy atom. The second-order valence-electron chi connectivity index (χ2n) is 7.93. The molecule has 1 amide bonds. The van der Waals surface area contributed by atoms with Crippen molar-refractivity contribution in [3.8, 4) is 0 Å². The molecule has 0 aromatic heterocycles. The normalized spacial score (nSPS) is 35.5. The quantitative estimate of drug-likeness (QED) is 0.552. The van der Waals surface area contributed by atoms with E-state index in [1.54, 1.807) is 50.3 Å². The summed E-state index contributed by atoms with van der Waals surface area (Å²) in [5.41, 5.74) is 2.19. The van der Waals surface area contributed by atoms with Gasteiger partial charge in [-0.15, -0.1) is 0 Å². The molecule has 0 spiro atoms. The molecule has 0 aromatic carbocycles. The van der Waals surface area contributed by atoms with Gasteiger partial charge in [-0.1, -0.05) is 60.6 Å². The molecule has 30 heavy (non-hydrogen) atoms. The van der Waals surface area contributed by atoms with Crippen LogP contribution in [0.3, 0.4) is 0 Å². The number of aliphatic hydroxyl groups excluding tert-OH is 3. The highest BCUT2D eigenvalue weighted by molar-refractivity contribution is 5.97. The highest BCUT2D eigenvalue weighted by Gasteiger charge is 2.26. The zero-order valence-electron chi connectivity index (χ0n) is 18.5. The predicted molar refractivity (Wildman–Crippen MR) is 119 cm³/mol. The van der Waals surface area contributed by atoms with E-state index in [0.29, 0.717) is 12.0 Å². The number of carbonyl (C=O) groups is 2. The molecule has 5 atom stereocenters. The van der Waals surface area contributed by atoms with E-state index >= 15 is 0 Å². The van der Waals surface area contributed by atoms with Gasteiger partial charge in [0.05, 0.1) is 18.2 Å². The van der Waals surface area contributed by atoms with Gasteiger partial charge in [-0.25, -0.2) is 0 Å². The molecule has 0 heterocycles. The third kappa shape index (κ3) is 9.03. The van der Waals surface area contributed by atoms with Gasteiger partial charge in [0.2, 0.25) is 5.91 Å². The molecule has 0 fully saturated rings. The molecule has 0 radical (unpaired) electrons. The largest absolute Gasteiger partial charge is 0.389 e. The third-order valence-electron chi connectivity index (χ3n) is 4.98. The fraction of sp³-hybridized carbons (Fsp3) is 0.500. The summed E-state index contributed by atoms with van der Waals surface area (Å²) in [6.45, 7) is 8.48. The number of nitrogens with one attached hydrogen (secondary N) is 1. The Bertz CT molecular complexity index is 758. The topological polar surface area (TPSA) is 107 Å².